The van der Waals surface area contributed by atoms with Crippen molar-refractivity contribution in [3.8, 4) is 0 Å². The highest BCUT2D eigenvalue weighted by molar-refractivity contribution is 8.68. The Morgan fingerprint density at radius 1 is 1.22 bits per heavy atom. The highest BCUT2D eigenvalue weighted by atomic mass is 32.9. The maximum atomic E-state index is 11.9. The monoisotopic (exact) mass is 312 g/mol. The van der Waals surface area contributed by atoms with Gasteiger partial charge >= 0.3 is 0 Å². The predicted molar refractivity (Wildman–Crippen MR) is 83.7 cm³/mol. The average molecular weight is 312 g/mol. The molecule has 0 rings (SSSR count). The van der Waals surface area contributed by atoms with E-state index in [4.69, 9.17) is 20.9 Å². The van der Waals surface area contributed by atoms with Crippen molar-refractivity contribution in [2.75, 3.05) is 13.2 Å². The Bertz CT molecular complexity index is 274. The molecule has 0 radical (unpaired) electrons. The first kappa shape index (κ1) is 18.6. The zero-order chi connectivity index (χ0) is 14.0. The number of carbonyl (C=O) groups excluding carboxylic acids is 1. The van der Waals surface area contributed by atoms with Gasteiger partial charge < -0.3 is 9.05 Å². The minimum atomic E-state index is -2.35. The molecule has 0 aromatic heterocycles. The van der Waals surface area contributed by atoms with Crippen molar-refractivity contribution < 1.29 is 13.8 Å². The highest BCUT2D eigenvalue weighted by Crippen LogP contribution is 2.63. The summed E-state index contributed by atoms with van der Waals surface area (Å²) in [4.78, 5) is 11.9. The molecule has 0 N–H and O–H groups in total. The van der Waals surface area contributed by atoms with Gasteiger partial charge in [-0.25, -0.2) is 0 Å². The molecular formula is C12H25O3PS2. The molecule has 0 amide bonds. The Hall–Kier alpha value is 0.590. The third-order valence-corrected chi connectivity index (χ3v) is 8.10. The Morgan fingerprint density at radius 2 is 1.78 bits per heavy atom. The van der Waals surface area contributed by atoms with Crippen molar-refractivity contribution >= 4 is 34.7 Å². The Kier molecular flexibility index (Phi) is 10.7. The summed E-state index contributed by atoms with van der Waals surface area (Å²) in [5.41, 5.74) is -2.35. The lowest BCUT2D eigenvalue weighted by Gasteiger charge is -2.24. The summed E-state index contributed by atoms with van der Waals surface area (Å²) >= 11 is 6.92. The predicted octanol–water partition coefficient (Wildman–Crippen LogP) is 4.56. The van der Waals surface area contributed by atoms with Gasteiger partial charge in [0, 0.05) is 6.42 Å². The van der Waals surface area contributed by atoms with Crippen LogP contribution in [0.1, 0.15) is 53.4 Å². The van der Waals surface area contributed by atoms with Gasteiger partial charge in [-0.2, -0.15) is 0 Å². The molecule has 3 nitrogen and oxygen atoms in total. The van der Waals surface area contributed by atoms with Crippen LogP contribution in [-0.2, 0) is 25.6 Å². The molecule has 0 spiro atoms. The van der Waals surface area contributed by atoms with Crippen molar-refractivity contribution in [1.82, 2.24) is 0 Å². The number of carbonyl (C=O) groups is 1. The summed E-state index contributed by atoms with van der Waals surface area (Å²) in [5, 5.41) is -0.0705. The summed E-state index contributed by atoms with van der Waals surface area (Å²) in [5.74, 6) is 0.252. The highest BCUT2D eigenvalue weighted by Gasteiger charge is 2.28. The molecule has 1 unspecified atom stereocenters. The summed E-state index contributed by atoms with van der Waals surface area (Å²) in [6.07, 6.45) is 3.54. The zero-order valence-corrected chi connectivity index (χ0v) is 14.3. The van der Waals surface area contributed by atoms with E-state index in [9.17, 15) is 4.79 Å². The maximum absolute atomic E-state index is 11.9. The fourth-order valence-electron chi connectivity index (χ4n) is 1.46. The second-order valence-corrected chi connectivity index (χ2v) is 10.2. The van der Waals surface area contributed by atoms with Crippen LogP contribution in [0.4, 0.5) is 0 Å². The van der Waals surface area contributed by atoms with E-state index in [1.54, 1.807) is 0 Å². The van der Waals surface area contributed by atoms with Crippen LogP contribution in [0.2, 0.25) is 0 Å². The van der Waals surface area contributed by atoms with E-state index in [-0.39, 0.29) is 11.0 Å². The van der Waals surface area contributed by atoms with Gasteiger partial charge in [-0.15, -0.1) is 0 Å². The molecule has 108 valence electrons. The summed E-state index contributed by atoms with van der Waals surface area (Å²) in [6, 6.07) is 0. The van der Waals surface area contributed by atoms with Crippen LogP contribution in [0.15, 0.2) is 0 Å². The van der Waals surface area contributed by atoms with Gasteiger partial charge in [-0.3, -0.25) is 4.79 Å². The topological polar surface area (TPSA) is 35.5 Å². The Labute approximate surface area is 120 Å². The van der Waals surface area contributed by atoms with Crippen LogP contribution in [-0.4, -0.2) is 24.2 Å². The molecular weight excluding hydrogens is 287 g/mol. The lowest BCUT2D eigenvalue weighted by Crippen LogP contribution is -2.16. The molecule has 0 aliphatic carbocycles. The van der Waals surface area contributed by atoms with Crippen LogP contribution in [0.3, 0.4) is 0 Å². The summed E-state index contributed by atoms with van der Waals surface area (Å²) < 4.78 is 11.2. The standard InChI is InChI=1S/C12H25O3PS2/c1-5-9-10-12(11(13)6-2)18-16(17,14-7-3)15-8-4/h12H,5-10H2,1-4H3. The molecule has 0 bridgehead atoms. The molecule has 0 aromatic rings. The van der Waals surface area contributed by atoms with Crippen molar-refractivity contribution in [2.45, 2.75) is 58.6 Å². The van der Waals surface area contributed by atoms with Crippen molar-refractivity contribution in [2.24, 2.45) is 0 Å². The minimum absolute atomic E-state index is 0.0705. The summed E-state index contributed by atoms with van der Waals surface area (Å²) in [6.45, 7) is 8.90. The van der Waals surface area contributed by atoms with Gasteiger partial charge in [0.25, 0.3) is 0 Å². The number of hydrogen-bond donors (Lipinski definition) is 0. The Balaban J connectivity index is 4.68. The van der Waals surface area contributed by atoms with Gasteiger partial charge in [0.15, 0.2) is 0 Å². The van der Waals surface area contributed by atoms with Crippen molar-refractivity contribution in [1.29, 1.82) is 0 Å². The number of hydrogen-bond acceptors (Lipinski definition) is 5. The molecule has 0 aliphatic heterocycles. The van der Waals surface area contributed by atoms with Gasteiger partial charge in [-0.05, 0) is 32.1 Å². The largest absolute Gasteiger partial charge is 0.322 e. The molecule has 1 atom stereocenters. The van der Waals surface area contributed by atoms with E-state index < -0.39 is 5.69 Å². The third kappa shape index (κ3) is 7.25. The summed E-state index contributed by atoms with van der Waals surface area (Å²) in [7, 11) is 0. The molecule has 0 saturated carbocycles. The van der Waals surface area contributed by atoms with E-state index in [0.717, 1.165) is 19.3 Å². The molecule has 0 aromatic carbocycles. The molecule has 0 heterocycles. The molecule has 0 fully saturated rings. The lowest BCUT2D eigenvalue weighted by atomic mass is 10.1. The van der Waals surface area contributed by atoms with E-state index in [1.165, 1.54) is 11.4 Å². The van der Waals surface area contributed by atoms with E-state index in [2.05, 4.69) is 6.92 Å². The van der Waals surface area contributed by atoms with Crippen LogP contribution in [0.5, 0.6) is 0 Å². The first-order chi connectivity index (χ1) is 8.52. The number of unbranched alkanes of at least 4 members (excludes halogenated alkanes) is 1. The minimum Gasteiger partial charge on any atom is -0.322 e. The van der Waals surface area contributed by atoms with Crippen LogP contribution < -0.4 is 0 Å². The number of ketones is 1. The number of rotatable bonds is 11. The third-order valence-electron chi connectivity index (χ3n) is 2.36. The van der Waals surface area contributed by atoms with E-state index in [0.29, 0.717) is 19.6 Å². The molecule has 0 aliphatic rings. The van der Waals surface area contributed by atoms with Gasteiger partial charge in [0.2, 0.25) is 5.69 Å². The van der Waals surface area contributed by atoms with E-state index >= 15 is 0 Å². The second-order valence-electron chi connectivity index (χ2n) is 3.84. The van der Waals surface area contributed by atoms with Crippen molar-refractivity contribution in [3.63, 3.8) is 0 Å². The smallest absolute Gasteiger partial charge is 0.248 e. The first-order valence-corrected chi connectivity index (χ1v) is 10.7. The average Bonchev–Trinajstić information content (AvgIpc) is 2.34. The molecule has 0 saturated heterocycles. The van der Waals surface area contributed by atoms with Crippen LogP contribution >= 0.6 is 17.1 Å². The van der Waals surface area contributed by atoms with Crippen molar-refractivity contribution in [3.05, 3.63) is 0 Å². The number of Topliss-reactive ketones (excluding diaryl/α,β-unsaturated/α-hetero) is 1. The van der Waals surface area contributed by atoms with E-state index in [1.807, 2.05) is 20.8 Å². The van der Waals surface area contributed by atoms with Crippen LogP contribution in [0, 0.1) is 0 Å². The second kappa shape index (κ2) is 10.4. The van der Waals surface area contributed by atoms with Gasteiger partial charge in [0.05, 0.1) is 18.5 Å². The van der Waals surface area contributed by atoms with Gasteiger partial charge in [0.1, 0.15) is 5.78 Å². The quantitative estimate of drug-likeness (QED) is 0.523. The zero-order valence-electron chi connectivity index (χ0n) is 11.8. The SMILES string of the molecule is CCCCC(SP(=S)(OCC)OCC)C(=O)CC. The molecule has 6 heteroatoms. The lowest BCUT2D eigenvalue weighted by molar-refractivity contribution is -0.118. The Morgan fingerprint density at radius 3 is 2.17 bits per heavy atom. The maximum Gasteiger partial charge on any atom is 0.248 e. The fourth-order valence-corrected chi connectivity index (χ4v) is 7.33. The van der Waals surface area contributed by atoms with Gasteiger partial charge in [-0.1, -0.05) is 38.1 Å². The van der Waals surface area contributed by atoms with Crippen LogP contribution in [0.25, 0.3) is 0 Å². The normalized spacial score (nSPS) is 13.6. The molecule has 18 heavy (non-hydrogen) atoms. The fraction of sp³-hybridized carbons (Fsp3) is 0.917. The first-order valence-electron chi connectivity index (χ1n) is 6.63.